The molecule has 0 radical (unpaired) electrons. The second kappa shape index (κ2) is 10.3. The Morgan fingerprint density at radius 2 is 1.88 bits per heavy atom. The molecule has 0 saturated carbocycles. The van der Waals surface area contributed by atoms with Gasteiger partial charge in [0.05, 0.1) is 26.1 Å². The fourth-order valence-electron chi connectivity index (χ4n) is 3.87. The summed E-state index contributed by atoms with van der Waals surface area (Å²) in [5, 5.41) is 7.45. The number of nitrogens with one attached hydrogen (secondary N) is 1. The highest BCUT2D eigenvalue weighted by Crippen LogP contribution is 2.22. The molecule has 1 aliphatic heterocycles. The molecular formula is C24H29N5O3. The molecule has 1 unspecified atom stereocenters. The Kier molecular flexibility index (Phi) is 7.01. The van der Waals surface area contributed by atoms with Crippen LogP contribution in [0.4, 0.5) is 5.69 Å². The molecule has 2 aromatic carbocycles. The average molecular weight is 436 g/mol. The molecule has 8 nitrogen and oxygen atoms in total. The van der Waals surface area contributed by atoms with E-state index in [9.17, 15) is 9.59 Å². The van der Waals surface area contributed by atoms with Crippen molar-refractivity contribution in [3.05, 3.63) is 82.5 Å². The minimum absolute atomic E-state index is 0.101. The SMILES string of the molecule is CN(CCCNC(=O)CC1OCCn2c1nn(Cc1ccccc1)c2=O)c1ccccc1. The summed E-state index contributed by atoms with van der Waals surface area (Å²) in [6.45, 7) is 2.66. The normalized spacial score (nSPS) is 15.2. The van der Waals surface area contributed by atoms with Crippen molar-refractivity contribution >= 4 is 11.6 Å². The van der Waals surface area contributed by atoms with Crippen molar-refractivity contribution in [2.24, 2.45) is 0 Å². The van der Waals surface area contributed by atoms with Gasteiger partial charge in [-0.1, -0.05) is 48.5 Å². The summed E-state index contributed by atoms with van der Waals surface area (Å²) in [6, 6.07) is 19.9. The molecule has 0 aliphatic carbocycles. The molecule has 0 saturated heterocycles. The fraction of sp³-hybridized carbons (Fsp3) is 0.375. The van der Waals surface area contributed by atoms with Gasteiger partial charge in [-0.25, -0.2) is 9.48 Å². The van der Waals surface area contributed by atoms with E-state index in [1.54, 1.807) is 4.57 Å². The third-order valence-electron chi connectivity index (χ3n) is 5.61. The van der Waals surface area contributed by atoms with E-state index in [4.69, 9.17) is 4.74 Å². The van der Waals surface area contributed by atoms with E-state index in [1.165, 1.54) is 4.68 Å². The maximum atomic E-state index is 12.7. The first-order chi connectivity index (χ1) is 15.6. The van der Waals surface area contributed by atoms with Gasteiger partial charge in [0.1, 0.15) is 6.10 Å². The maximum Gasteiger partial charge on any atom is 0.346 e. The first kappa shape index (κ1) is 21.8. The molecule has 1 aromatic heterocycles. The van der Waals surface area contributed by atoms with Gasteiger partial charge in [0.15, 0.2) is 5.82 Å². The van der Waals surface area contributed by atoms with Crippen LogP contribution in [0.3, 0.4) is 0 Å². The zero-order valence-corrected chi connectivity index (χ0v) is 18.3. The van der Waals surface area contributed by atoms with Gasteiger partial charge in [-0.05, 0) is 24.1 Å². The van der Waals surface area contributed by atoms with Crippen LogP contribution in [0.5, 0.6) is 0 Å². The van der Waals surface area contributed by atoms with Crippen LogP contribution in [-0.2, 0) is 22.6 Å². The third kappa shape index (κ3) is 5.26. The van der Waals surface area contributed by atoms with Crippen molar-refractivity contribution in [1.82, 2.24) is 19.7 Å². The summed E-state index contributed by atoms with van der Waals surface area (Å²) < 4.78 is 8.86. The Hall–Kier alpha value is -3.39. The molecule has 2 heterocycles. The van der Waals surface area contributed by atoms with Gasteiger partial charge in [-0.2, -0.15) is 5.10 Å². The van der Waals surface area contributed by atoms with Crippen LogP contribution in [0.25, 0.3) is 0 Å². The number of ether oxygens (including phenoxy) is 1. The molecule has 8 heteroatoms. The number of rotatable bonds is 9. The Balaban J connectivity index is 1.30. The molecular weight excluding hydrogens is 406 g/mol. The van der Waals surface area contributed by atoms with Gasteiger partial charge in [0, 0.05) is 25.8 Å². The highest BCUT2D eigenvalue weighted by molar-refractivity contribution is 5.76. The Morgan fingerprint density at radius 3 is 2.62 bits per heavy atom. The van der Waals surface area contributed by atoms with Crippen LogP contribution in [0.15, 0.2) is 65.5 Å². The second-order valence-corrected chi connectivity index (χ2v) is 7.96. The number of aromatic nitrogens is 3. The fourth-order valence-corrected chi connectivity index (χ4v) is 3.87. The van der Waals surface area contributed by atoms with Crippen molar-refractivity contribution < 1.29 is 9.53 Å². The molecule has 0 bridgehead atoms. The number of hydrogen-bond acceptors (Lipinski definition) is 5. The van der Waals surface area contributed by atoms with Gasteiger partial charge < -0.3 is 15.0 Å². The minimum Gasteiger partial charge on any atom is -0.375 e. The quantitative estimate of drug-likeness (QED) is 0.521. The van der Waals surface area contributed by atoms with Crippen molar-refractivity contribution in [2.75, 3.05) is 31.6 Å². The van der Waals surface area contributed by atoms with Crippen molar-refractivity contribution in [3.63, 3.8) is 0 Å². The number of carbonyl (C=O) groups excluding carboxylic acids is 1. The smallest absolute Gasteiger partial charge is 0.346 e. The molecule has 1 atom stereocenters. The number of para-hydroxylation sites is 1. The lowest BCUT2D eigenvalue weighted by atomic mass is 10.2. The monoisotopic (exact) mass is 435 g/mol. The second-order valence-electron chi connectivity index (χ2n) is 7.96. The summed E-state index contributed by atoms with van der Waals surface area (Å²) in [7, 11) is 2.04. The number of anilines is 1. The van der Waals surface area contributed by atoms with Crippen LogP contribution < -0.4 is 15.9 Å². The Labute approximate surface area is 187 Å². The maximum absolute atomic E-state index is 12.7. The van der Waals surface area contributed by atoms with Gasteiger partial charge in [0.2, 0.25) is 5.91 Å². The number of hydrogen-bond donors (Lipinski definition) is 1. The lowest BCUT2D eigenvalue weighted by Crippen LogP contribution is -2.34. The molecule has 1 aliphatic rings. The molecule has 1 amide bonds. The van der Waals surface area contributed by atoms with Crippen LogP contribution >= 0.6 is 0 Å². The van der Waals surface area contributed by atoms with Crippen molar-refractivity contribution in [3.8, 4) is 0 Å². The number of carbonyl (C=O) groups is 1. The number of amides is 1. The van der Waals surface area contributed by atoms with E-state index < -0.39 is 6.10 Å². The lowest BCUT2D eigenvalue weighted by Gasteiger charge is -2.22. The Bertz CT molecular complexity index is 1080. The van der Waals surface area contributed by atoms with Crippen LogP contribution in [0.1, 0.15) is 30.3 Å². The summed E-state index contributed by atoms with van der Waals surface area (Å²) in [5.41, 5.74) is 1.99. The van der Waals surface area contributed by atoms with Crippen LogP contribution in [0.2, 0.25) is 0 Å². The third-order valence-corrected chi connectivity index (χ3v) is 5.61. The molecule has 1 N–H and O–H groups in total. The van der Waals surface area contributed by atoms with Gasteiger partial charge in [-0.3, -0.25) is 9.36 Å². The van der Waals surface area contributed by atoms with Gasteiger partial charge in [0.25, 0.3) is 0 Å². The zero-order valence-electron chi connectivity index (χ0n) is 18.3. The molecule has 0 spiro atoms. The number of fused-ring (bicyclic) bond motifs is 1. The van der Waals surface area contributed by atoms with Crippen molar-refractivity contribution in [2.45, 2.75) is 32.0 Å². The van der Waals surface area contributed by atoms with E-state index in [2.05, 4.69) is 27.4 Å². The first-order valence-corrected chi connectivity index (χ1v) is 11.0. The molecule has 168 valence electrons. The highest BCUT2D eigenvalue weighted by atomic mass is 16.5. The predicted molar refractivity (Wildman–Crippen MR) is 123 cm³/mol. The standard InChI is InChI=1S/C24H29N5O3/c1-27(20-11-6-3-7-12-20)14-8-13-25-22(30)17-21-23-26-29(18-19-9-4-2-5-10-19)24(31)28(23)15-16-32-21/h2-7,9-12,21H,8,13-18H2,1H3,(H,25,30). The lowest BCUT2D eigenvalue weighted by molar-refractivity contribution is -0.125. The van der Waals surface area contributed by atoms with Crippen LogP contribution in [0, 0.1) is 0 Å². The van der Waals surface area contributed by atoms with E-state index in [1.807, 2.05) is 55.6 Å². The van der Waals surface area contributed by atoms with E-state index in [-0.39, 0.29) is 18.0 Å². The average Bonchev–Trinajstić information content (AvgIpc) is 3.14. The number of benzene rings is 2. The van der Waals surface area contributed by atoms with Gasteiger partial charge in [-0.15, -0.1) is 0 Å². The number of nitrogens with zero attached hydrogens (tertiary/aromatic N) is 4. The Morgan fingerprint density at radius 1 is 1.16 bits per heavy atom. The van der Waals surface area contributed by atoms with E-state index >= 15 is 0 Å². The first-order valence-electron chi connectivity index (χ1n) is 11.0. The molecule has 32 heavy (non-hydrogen) atoms. The molecule has 3 aromatic rings. The molecule has 0 fully saturated rings. The predicted octanol–water partition coefficient (Wildman–Crippen LogP) is 2.20. The van der Waals surface area contributed by atoms with Crippen molar-refractivity contribution in [1.29, 1.82) is 0 Å². The zero-order chi connectivity index (χ0) is 22.3. The summed E-state index contributed by atoms with van der Waals surface area (Å²) in [5.74, 6) is 0.423. The van der Waals surface area contributed by atoms with Crippen LogP contribution in [-0.4, -0.2) is 47.0 Å². The summed E-state index contributed by atoms with van der Waals surface area (Å²) >= 11 is 0. The van der Waals surface area contributed by atoms with E-state index in [0.29, 0.717) is 32.1 Å². The topological polar surface area (TPSA) is 81.4 Å². The van der Waals surface area contributed by atoms with Gasteiger partial charge >= 0.3 is 5.69 Å². The largest absolute Gasteiger partial charge is 0.375 e. The molecule has 4 rings (SSSR count). The summed E-state index contributed by atoms with van der Waals surface area (Å²) in [6.07, 6.45) is 0.468. The highest BCUT2D eigenvalue weighted by Gasteiger charge is 2.28. The van der Waals surface area contributed by atoms with E-state index in [0.717, 1.165) is 24.2 Å². The minimum atomic E-state index is -0.513. The summed E-state index contributed by atoms with van der Waals surface area (Å²) in [4.78, 5) is 27.4.